The van der Waals surface area contributed by atoms with Crippen molar-refractivity contribution in [3.63, 3.8) is 0 Å². The maximum absolute atomic E-state index is 12.1. The molecular weight excluding hydrogens is 302 g/mol. The molecule has 0 radical (unpaired) electrons. The first kappa shape index (κ1) is 15.6. The number of amides is 1. The molecule has 1 aromatic carbocycles. The molecule has 6 nitrogen and oxygen atoms in total. The van der Waals surface area contributed by atoms with Gasteiger partial charge in [0.15, 0.2) is 0 Å². The van der Waals surface area contributed by atoms with Crippen molar-refractivity contribution in [3.8, 4) is 0 Å². The van der Waals surface area contributed by atoms with Crippen molar-refractivity contribution in [2.24, 2.45) is 0 Å². The van der Waals surface area contributed by atoms with Crippen LogP contribution in [0.5, 0.6) is 0 Å². The van der Waals surface area contributed by atoms with Crippen LogP contribution in [-0.4, -0.2) is 20.9 Å². The minimum absolute atomic E-state index is 0.263. The fourth-order valence-electron chi connectivity index (χ4n) is 2.05. The number of benzene rings is 1. The van der Waals surface area contributed by atoms with Crippen molar-refractivity contribution in [2.45, 2.75) is 13.5 Å². The summed E-state index contributed by atoms with van der Waals surface area (Å²) in [6.45, 7) is 2.54. The number of carbonyl (C=O) groups is 1. The van der Waals surface area contributed by atoms with E-state index in [1.807, 2.05) is 49.4 Å². The summed E-state index contributed by atoms with van der Waals surface area (Å²) >= 11 is 0. The first-order valence-electron chi connectivity index (χ1n) is 7.54. The standard InChI is InChI=1S/C18H17N5O/c1-13-5-7-14(8-6-13)23-18(24)16-11-22-17(12-20-16)21-10-15-4-2-3-9-19-15/h2-9,11-12H,10H2,1H3,(H,21,22)(H,23,24). The number of anilines is 2. The van der Waals surface area contributed by atoms with Gasteiger partial charge in [0.2, 0.25) is 0 Å². The summed E-state index contributed by atoms with van der Waals surface area (Å²) in [4.78, 5) is 24.7. The van der Waals surface area contributed by atoms with Crippen LogP contribution in [0.25, 0.3) is 0 Å². The molecular formula is C18H17N5O. The van der Waals surface area contributed by atoms with Crippen molar-refractivity contribution < 1.29 is 4.79 Å². The van der Waals surface area contributed by atoms with Gasteiger partial charge in [-0.25, -0.2) is 9.97 Å². The summed E-state index contributed by atoms with van der Waals surface area (Å²) in [7, 11) is 0. The Kier molecular flexibility index (Phi) is 4.76. The lowest BCUT2D eigenvalue weighted by Crippen LogP contribution is -2.14. The molecule has 0 aliphatic rings. The van der Waals surface area contributed by atoms with Gasteiger partial charge in [0.25, 0.3) is 5.91 Å². The van der Waals surface area contributed by atoms with Gasteiger partial charge in [0.05, 0.1) is 24.6 Å². The molecule has 0 bridgehead atoms. The molecule has 24 heavy (non-hydrogen) atoms. The molecule has 3 rings (SSSR count). The molecule has 0 saturated carbocycles. The molecule has 0 unspecified atom stereocenters. The Bertz CT molecular complexity index is 801. The maximum atomic E-state index is 12.1. The Morgan fingerprint density at radius 3 is 2.50 bits per heavy atom. The van der Waals surface area contributed by atoms with E-state index in [9.17, 15) is 4.79 Å². The Balaban J connectivity index is 1.59. The summed E-state index contributed by atoms with van der Waals surface area (Å²) in [5.74, 6) is 0.301. The molecule has 3 aromatic rings. The van der Waals surface area contributed by atoms with E-state index in [4.69, 9.17) is 0 Å². The Morgan fingerprint density at radius 1 is 1.00 bits per heavy atom. The molecule has 0 saturated heterocycles. The second kappa shape index (κ2) is 7.32. The zero-order valence-corrected chi connectivity index (χ0v) is 13.2. The molecule has 120 valence electrons. The third-order valence-corrected chi connectivity index (χ3v) is 3.37. The lowest BCUT2D eigenvalue weighted by atomic mass is 10.2. The zero-order valence-electron chi connectivity index (χ0n) is 13.2. The Morgan fingerprint density at radius 2 is 1.83 bits per heavy atom. The number of nitrogens with one attached hydrogen (secondary N) is 2. The minimum atomic E-state index is -0.289. The van der Waals surface area contributed by atoms with Crippen LogP contribution in [0, 0.1) is 6.92 Å². The van der Waals surface area contributed by atoms with Crippen LogP contribution in [0.4, 0.5) is 11.5 Å². The smallest absolute Gasteiger partial charge is 0.275 e. The number of hydrogen-bond acceptors (Lipinski definition) is 5. The molecule has 2 aromatic heterocycles. The van der Waals surface area contributed by atoms with Gasteiger partial charge in [-0.05, 0) is 31.2 Å². The Labute approximate surface area is 140 Å². The van der Waals surface area contributed by atoms with Crippen LogP contribution in [0.15, 0.2) is 61.1 Å². The third kappa shape index (κ3) is 4.13. The molecule has 1 amide bonds. The predicted molar refractivity (Wildman–Crippen MR) is 92.7 cm³/mol. The highest BCUT2D eigenvalue weighted by atomic mass is 16.1. The van der Waals surface area contributed by atoms with Crippen molar-refractivity contribution in [3.05, 3.63) is 78.0 Å². The van der Waals surface area contributed by atoms with Crippen LogP contribution in [0.3, 0.4) is 0 Å². The second-order valence-electron chi connectivity index (χ2n) is 5.28. The lowest BCUT2D eigenvalue weighted by molar-refractivity contribution is 0.102. The molecule has 2 N–H and O–H groups in total. The van der Waals surface area contributed by atoms with Gasteiger partial charge in [-0.2, -0.15) is 0 Å². The van der Waals surface area contributed by atoms with Gasteiger partial charge >= 0.3 is 0 Å². The van der Waals surface area contributed by atoms with Gasteiger partial charge < -0.3 is 10.6 Å². The van der Waals surface area contributed by atoms with Crippen molar-refractivity contribution in [1.82, 2.24) is 15.0 Å². The van der Waals surface area contributed by atoms with Gasteiger partial charge in [0, 0.05) is 11.9 Å². The van der Waals surface area contributed by atoms with E-state index in [1.54, 1.807) is 6.20 Å². The summed E-state index contributed by atoms with van der Waals surface area (Å²) < 4.78 is 0. The number of aromatic nitrogens is 3. The molecule has 0 spiro atoms. The van der Waals surface area contributed by atoms with E-state index in [0.29, 0.717) is 12.4 Å². The number of pyridine rings is 1. The quantitative estimate of drug-likeness (QED) is 0.755. The second-order valence-corrected chi connectivity index (χ2v) is 5.28. The number of nitrogens with zero attached hydrogens (tertiary/aromatic N) is 3. The van der Waals surface area contributed by atoms with Crippen LogP contribution >= 0.6 is 0 Å². The number of carbonyl (C=O) groups excluding carboxylic acids is 1. The molecule has 0 fully saturated rings. The highest BCUT2D eigenvalue weighted by molar-refractivity contribution is 6.02. The Hall–Kier alpha value is -3.28. The highest BCUT2D eigenvalue weighted by Gasteiger charge is 2.08. The first-order chi connectivity index (χ1) is 11.7. The fourth-order valence-corrected chi connectivity index (χ4v) is 2.05. The molecule has 6 heteroatoms. The molecule has 0 atom stereocenters. The van der Waals surface area contributed by atoms with Crippen LogP contribution in [0.1, 0.15) is 21.7 Å². The number of rotatable bonds is 5. The SMILES string of the molecule is Cc1ccc(NC(=O)c2cnc(NCc3ccccn3)cn2)cc1. The zero-order chi connectivity index (χ0) is 16.8. The average molecular weight is 319 g/mol. The third-order valence-electron chi connectivity index (χ3n) is 3.37. The van der Waals surface area contributed by atoms with Gasteiger partial charge in [-0.3, -0.25) is 9.78 Å². The van der Waals surface area contributed by atoms with Crippen LogP contribution in [-0.2, 0) is 6.54 Å². The van der Waals surface area contributed by atoms with Crippen LogP contribution in [0.2, 0.25) is 0 Å². The number of hydrogen-bond donors (Lipinski definition) is 2. The van der Waals surface area contributed by atoms with Crippen molar-refractivity contribution in [2.75, 3.05) is 10.6 Å². The summed E-state index contributed by atoms with van der Waals surface area (Å²) in [5.41, 5.74) is 3.03. The average Bonchev–Trinajstić information content (AvgIpc) is 2.63. The lowest BCUT2D eigenvalue weighted by Gasteiger charge is -2.07. The van der Waals surface area contributed by atoms with E-state index < -0.39 is 0 Å². The van der Waals surface area contributed by atoms with Gasteiger partial charge in [0.1, 0.15) is 11.5 Å². The van der Waals surface area contributed by atoms with Crippen LogP contribution < -0.4 is 10.6 Å². The summed E-state index contributed by atoms with van der Waals surface area (Å²) in [6.07, 6.45) is 4.72. The first-order valence-corrected chi connectivity index (χ1v) is 7.54. The topological polar surface area (TPSA) is 79.8 Å². The van der Waals surface area contributed by atoms with E-state index >= 15 is 0 Å². The van der Waals surface area contributed by atoms with E-state index in [0.717, 1.165) is 16.9 Å². The van der Waals surface area contributed by atoms with E-state index in [2.05, 4.69) is 25.6 Å². The molecule has 0 aliphatic heterocycles. The predicted octanol–water partition coefficient (Wildman–Crippen LogP) is 3.04. The van der Waals surface area contributed by atoms with Crippen molar-refractivity contribution >= 4 is 17.4 Å². The maximum Gasteiger partial charge on any atom is 0.275 e. The van der Waals surface area contributed by atoms with E-state index in [-0.39, 0.29) is 11.6 Å². The van der Waals surface area contributed by atoms with Gasteiger partial charge in [-0.1, -0.05) is 23.8 Å². The molecule has 0 aliphatic carbocycles. The van der Waals surface area contributed by atoms with E-state index in [1.165, 1.54) is 12.4 Å². The summed E-state index contributed by atoms with van der Waals surface area (Å²) in [6, 6.07) is 13.3. The molecule has 2 heterocycles. The number of aryl methyl sites for hydroxylation is 1. The summed E-state index contributed by atoms with van der Waals surface area (Å²) in [5, 5.41) is 5.91. The largest absolute Gasteiger partial charge is 0.363 e. The highest BCUT2D eigenvalue weighted by Crippen LogP contribution is 2.10. The minimum Gasteiger partial charge on any atom is -0.363 e. The fraction of sp³-hybridized carbons (Fsp3) is 0.111. The van der Waals surface area contributed by atoms with Gasteiger partial charge in [-0.15, -0.1) is 0 Å². The normalized spacial score (nSPS) is 10.2. The van der Waals surface area contributed by atoms with Crippen molar-refractivity contribution in [1.29, 1.82) is 0 Å². The monoisotopic (exact) mass is 319 g/mol.